The van der Waals surface area contributed by atoms with Crippen LogP contribution in [0.2, 0.25) is 10.0 Å². The van der Waals surface area contributed by atoms with Gasteiger partial charge in [-0.15, -0.1) is 0 Å². The van der Waals surface area contributed by atoms with Crippen molar-refractivity contribution >= 4 is 35.4 Å². The first-order valence-corrected chi connectivity index (χ1v) is 8.30. The molecule has 0 saturated carbocycles. The van der Waals surface area contributed by atoms with Crippen molar-refractivity contribution in [3.63, 3.8) is 0 Å². The van der Waals surface area contributed by atoms with Crippen molar-refractivity contribution in [2.24, 2.45) is 4.99 Å². The van der Waals surface area contributed by atoms with Gasteiger partial charge in [0.25, 0.3) is 0 Å². The first-order chi connectivity index (χ1) is 11.9. The molecule has 2 aromatic rings. The molecule has 0 heterocycles. The number of aliphatic hydroxyl groups is 1. The molecule has 0 radical (unpaired) electrons. The number of benzene rings is 2. The van der Waals surface area contributed by atoms with Gasteiger partial charge in [0.1, 0.15) is 11.9 Å². The second-order valence-corrected chi connectivity index (χ2v) is 6.00. The number of ether oxygens (including phenoxy) is 1. The summed E-state index contributed by atoms with van der Waals surface area (Å²) in [6.07, 6.45) is 0.0363. The van der Waals surface area contributed by atoms with Crippen molar-refractivity contribution in [1.29, 1.82) is 0 Å². The summed E-state index contributed by atoms with van der Waals surface area (Å²) in [5.41, 5.74) is 0.748. The number of nitrogens with zero attached hydrogens (tertiary/aromatic N) is 1. The fourth-order valence-electron chi connectivity index (χ4n) is 2.18. The predicted octanol–water partition coefficient (Wildman–Crippen LogP) is 3.78. The molecule has 0 aromatic heterocycles. The number of esters is 1. The average molecular weight is 382 g/mol. The fraction of sp³-hybridized carbons (Fsp3) is 0.222. The van der Waals surface area contributed by atoms with Crippen LogP contribution in [0.4, 0.5) is 0 Å². The smallest absolute Gasteiger partial charge is 0.333 e. The summed E-state index contributed by atoms with van der Waals surface area (Å²) in [5, 5.41) is 20.8. The zero-order chi connectivity index (χ0) is 18.4. The Balaban J connectivity index is 2.35. The molecule has 2 N–H and O–H groups in total. The number of carbonyl (C=O) groups is 1. The molecule has 0 unspecified atom stereocenters. The highest BCUT2D eigenvalue weighted by Gasteiger charge is 2.28. The molecule has 0 spiro atoms. The lowest BCUT2D eigenvalue weighted by molar-refractivity contribution is -0.147. The third-order valence-electron chi connectivity index (χ3n) is 3.40. The number of rotatable bonds is 6. The van der Waals surface area contributed by atoms with E-state index in [1.807, 2.05) is 0 Å². The Bertz CT molecular complexity index is 765. The van der Waals surface area contributed by atoms with Crippen LogP contribution < -0.4 is 0 Å². The summed E-state index contributed by atoms with van der Waals surface area (Å²) in [5.74, 6) is -0.894. The minimum atomic E-state index is -1.20. The summed E-state index contributed by atoms with van der Waals surface area (Å²) in [7, 11) is 0. The predicted molar refractivity (Wildman–Crippen MR) is 97.5 cm³/mol. The van der Waals surface area contributed by atoms with Gasteiger partial charge in [-0.1, -0.05) is 53.5 Å². The molecular weight excluding hydrogens is 365 g/mol. The van der Waals surface area contributed by atoms with Crippen LogP contribution in [0.1, 0.15) is 24.2 Å². The van der Waals surface area contributed by atoms with Crippen LogP contribution in [-0.4, -0.2) is 35.0 Å². The molecule has 7 heteroatoms. The van der Waals surface area contributed by atoms with Crippen LogP contribution in [-0.2, 0) is 9.53 Å². The lowest BCUT2D eigenvalue weighted by atomic mass is 10.0. The van der Waals surface area contributed by atoms with E-state index in [0.29, 0.717) is 10.6 Å². The van der Waals surface area contributed by atoms with E-state index in [-0.39, 0.29) is 22.9 Å². The minimum absolute atomic E-state index is 0.0604. The quantitative estimate of drug-likeness (QED) is 0.589. The lowest BCUT2D eigenvalue weighted by Gasteiger charge is -2.18. The van der Waals surface area contributed by atoms with E-state index in [1.165, 1.54) is 18.3 Å². The van der Waals surface area contributed by atoms with Gasteiger partial charge >= 0.3 is 5.97 Å². The highest BCUT2D eigenvalue weighted by Crippen LogP contribution is 2.30. The van der Waals surface area contributed by atoms with E-state index < -0.39 is 18.1 Å². The number of hydrogen-bond donors (Lipinski definition) is 2. The first kappa shape index (κ1) is 19.2. The Morgan fingerprint density at radius 1 is 1.28 bits per heavy atom. The molecule has 25 heavy (non-hydrogen) atoms. The second-order valence-electron chi connectivity index (χ2n) is 5.16. The lowest BCUT2D eigenvalue weighted by Crippen LogP contribution is -2.28. The number of phenols is 1. The van der Waals surface area contributed by atoms with Crippen molar-refractivity contribution in [3.8, 4) is 5.75 Å². The first-order valence-electron chi connectivity index (χ1n) is 7.54. The van der Waals surface area contributed by atoms with Gasteiger partial charge in [-0.3, -0.25) is 4.99 Å². The highest BCUT2D eigenvalue weighted by molar-refractivity contribution is 6.36. The Kier molecular flexibility index (Phi) is 6.82. The topological polar surface area (TPSA) is 79.1 Å². The number of aromatic hydroxyl groups is 1. The minimum Gasteiger partial charge on any atom is -0.506 e. The van der Waals surface area contributed by atoms with Gasteiger partial charge in [-0.05, 0) is 24.6 Å². The molecule has 0 fully saturated rings. The van der Waals surface area contributed by atoms with Gasteiger partial charge in [-0.2, -0.15) is 0 Å². The molecule has 5 nitrogen and oxygen atoms in total. The normalized spacial score (nSPS) is 13.6. The molecule has 0 bridgehead atoms. The zero-order valence-corrected chi connectivity index (χ0v) is 14.9. The van der Waals surface area contributed by atoms with Crippen LogP contribution >= 0.6 is 23.2 Å². The molecule has 0 saturated heterocycles. The molecule has 132 valence electrons. The molecular formula is C18H17Cl2NO4. The summed E-state index contributed by atoms with van der Waals surface area (Å²) in [4.78, 5) is 16.3. The Morgan fingerprint density at radius 3 is 2.60 bits per heavy atom. The van der Waals surface area contributed by atoms with E-state index in [2.05, 4.69) is 4.99 Å². The number of aliphatic imine (C=N–C) groups is 1. The summed E-state index contributed by atoms with van der Waals surface area (Å²) in [6.45, 7) is 1.82. The third kappa shape index (κ3) is 4.95. The number of carbonyl (C=O) groups excluding carboxylic acids is 1. The monoisotopic (exact) mass is 381 g/mol. The van der Waals surface area contributed by atoms with Crippen LogP contribution in [0, 0.1) is 0 Å². The molecule has 2 rings (SSSR count). The fourth-order valence-corrected chi connectivity index (χ4v) is 2.69. The number of halogens is 2. The van der Waals surface area contributed by atoms with Gasteiger partial charge in [0, 0.05) is 16.8 Å². The maximum Gasteiger partial charge on any atom is 0.333 e. The standard InChI is InChI=1S/C18H17Cl2NO4/c1-2-25-18(24)15(17(23)11-6-4-3-5-7-11)21-10-12-8-13(19)9-14(20)16(12)22/h3-10,15,17,22-23H,2H2,1H3/t15-,17-/m1/s1. The van der Waals surface area contributed by atoms with Crippen LogP contribution in [0.3, 0.4) is 0 Å². The molecule has 2 atom stereocenters. The number of aliphatic hydroxyl groups excluding tert-OH is 1. The summed E-state index contributed by atoms with van der Waals surface area (Å²) < 4.78 is 4.99. The van der Waals surface area contributed by atoms with E-state index in [1.54, 1.807) is 37.3 Å². The summed E-state index contributed by atoms with van der Waals surface area (Å²) in [6, 6.07) is 10.3. The Morgan fingerprint density at radius 2 is 1.96 bits per heavy atom. The Hall–Kier alpha value is -2.08. The van der Waals surface area contributed by atoms with Gasteiger partial charge in [0.15, 0.2) is 6.04 Å². The van der Waals surface area contributed by atoms with Crippen molar-refractivity contribution in [1.82, 2.24) is 0 Å². The van der Waals surface area contributed by atoms with Gasteiger partial charge in [-0.25, -0.2) is 4.79 Å². The van der Waals surface area contributed by atoms with Gasteiger partial charge in [0.2, 0.25) is 0 Å². The van der Waals surface area contributed by atoms with Gasteiger partial charge < -0.3 is 14.9 Å². The molecule has 2 aromatic carbocycles. The van der Waals surface area contributed by atoms with Gasteiger partial charge in [0.05, 0.1) is 11.6 Å². The molecule has 0 aliphatic carbocycles. The highest BCUT2D eigenvalue weighted by atomic mass is 35.5. The van der Waals surface area contributed by atoms with Crippen molar-refractivity contribution in [2.75, 3.05) is 6.61 Å². The van der Waals surface area contributed by atoms with Crippen molar-refractivity contribution < 1.29 is 19.7 Å². The van der Waals surface area contributed by atoms with Crippen molar-refractivity contribution in [2.45, 2.75) is 19.1 Å². The molecule has 0 amide bonds. The maximum absolute atomic E-state index is 12.2. The number of hydrogen-bond acceptors (Lipinski definition) is 5. The van der Waals surface area contributed by atoms with E-state index in [4.69, 9.17) is 27.9 Å². The van der Waals surface area contributed by atoms with E-state index in [9.17, 15) is 15.0 Å². The largest absolute Gasteiger partial charge is 0.506 e. The molecule has 0 aliphatic rings. The molecule has 0 aliphatic heterocycles. The summed E-state index contributed by atoms with van der Waals surface area (Å²) >= 11 is 11.8. The second kappa shape index (κ2) is 8.85. The number of phenolic OH excluding ortho intramolecular Hbond substituents is 1. The third-order valence-corrected chi connectivity index (χ3v) is 3.91. The maximum atomic E-state index is 12.2. The van der Waals surface area contributed by atoms with E-state index in [0.717, 1.165) is 0 Å². The average Bonchev–Trinajstić information content (AvgIpc) is 2.60. The van der Waals surface area contributed by atoms with Crippen LogP contribution in [0.5, 0.6) is 5.75 Å². The van der Waals surface area contributed by atoms with Crippen LogP contribution in [0.15, 0.2) is 47.5 Å². The Labute approximate surface area is 155 Å². The zero-order valence-electron chi connectivity index (χ0n) is 13.4. The SMILES string of the molecule is CCOC(=O)[C@H](N=Cc1cc(Cl)cc(Cl)c1O)[C@H](O)c1ccccc1. The van der Waals surface area contributed by atoms with Crippen molar-refractivity contribution in [3.05, 3.63) is 63.6 Å². The van der Waals surface area contributed by atoms with Crippen LogP contribution in [0.25, 0.3) is 0 Å². The van der Waals surface area contributed by atoms with E-state index >= 15 is 0 Å².